The number of amides is 1. The summed E-state index contributed by atoms with van der Waals surface area (Å²) in [5.74, 6) is 1.99. The van der Waals surface area contributed by atoms with E-state index >= 15 is 0 Å². The van der Waals surface area contributed by atoms with Crippen LogP contribution >= 0.6 is 0 Å². The van der Waals surface area contributed by atoms with E-state index in [2.05, 4.69) is 20.9 Å². The molecule has 172 valence electrons. The van der Waals surface area contributed by atoms with Crippen LogP contribution in [0, 0.1) is 0 Å². The van der Waals surface area contributed by atoms with Gasteiger partial charge in [0.25, 0.3) is 5.91 Å². The lowest BCUT2D eigenvalue weighted by molar-refractivity contribution is 0.0979. The van der Waals surface area contributed by atoms with Crippen molar-refractivity contribution in [2.24, 2.45) is 0 Å². The number of aromatic nitrogens is 1. The zero-order valence-corrected chi connectivity index (χ0v) is 19.2. The van der Waals surface area contributed by atoms with Crippen molar-refractivity contribution in [2.45, 2.75) is 0 Å². The summed E-state index contributed by atoms with van der Waals surface area (Å²) in [6.07, 6.45) is 1.71. The second-order valence-electron chi connectivity index (χ2n) is 7.85. The molecule has 1 aromatic heterocycles. The first kappa shape index (κ1) is 22.6. The maximum Gasteiger partial charge on any atom is 0.263 e. The summed E-state index contributed by atoms with van der Waals surface area (Å²) in [7, 11) is 3.29. The zero-order valence-electron chi connectivity index (χ0n) is 19.2. The molecule has 2 heterocycles. The van der Waals surface area contributed by atoms with Crippen LogP contribution in [0.3, 0.4) is 0 Å². The van der Waals surface area contributed by atoms with Crippen molar-refractivity contribution in [3.05, 3.63) is 78.5 Å². The van der Waals surface area contributed by atoms with Gasteiger partial charge in [0.2, 0.25) is 0 Å². The highest BCUT2D eigenvalue weighted by atomic mass is 16.5. The van der Waals surface area contributed by atoms with Crippen LogP contribution in [-0.2, 0) is 0 Å². The molecule has 0 spiro atoms. The molecule has 1 aliphatic rings. The predicted molar refractivity (Wildman–Crippen MR) is 131 cm³/mol. The summed E-state index contributed by atoms with van der Waals surface area (Å²) in [6.45, 7) is 4.95. The van der Waals surface area contributed by atoms with E-state index in [-0.39, 0.29) is 5.91 Å². The summed E-state index contributed by atoms with van der Waals surface area (Å²) in [5, 5.41) is 0. The van der Waals surface area contributed by atoms with E-state index in [1.54, 1.807) is 37.4 Å². The average molecular weight is 447 g/mol. The fourth-order valence-electron chi connectivity index (χ4n) is 4.15. The highest BCUT2D eigenvalue weighted by molar-refractivity contribution is 6.07. The number of rotatable bonds is 8. The minimum absolute atomic E-state index is 0.112. The molecule has 0 radical (unpaired) electrons. The van der Waals surface area contributed by atoms with E-state index in [0.29, 0.717) is 23.7 Å². The van der Waals surface area contributed by atoms with Gasteiger partial charge in [0.1, 0.15) is 17.3 Å². The van der Waals surface area contributed by atoms with Gasteiger partial charge in [0.05, 0.1) is 25.5 Å². The second kappa shape index (κ2) is 10.8. The van der Waals surface area contributed by atoms with E-state index in [1.807, 2.05) is 48.5 Å². The number of hydrogen-bond acceptors (Lipinski definition) is 6. The van der Waals surface area contributed by atoms with Gasteiger partial charge in [-0.15, -0.1) is 0 Å². The molecule has 1 saturated heterocycles. The standard InChI is InChI=1S/C26H30N4O3/c1-32-23-11-5-3-9-21(23)26(31)30(25-13-7-8-14-27-25)20-17-28-15-18-29(19-16-28)22-10-4-6-12-24(22)33-2/h3-14H,15-20H2,1-2H3. The number of carbonyl (C=O) groups is 1. The van der Waals surface area contributed by atoms with Crippen molar-refractivity contribution < 1.29 is 14.3 Å². The van der Waals surface area contributed by atoms with Crippen molar-refractivity contribution >= 4 is 17.4 Å². The van der Waals surface area contributed by atoms with E-state index in [9.17, 15) is 4.79 Å². The Morgan fingerprint density at radius 2 is 1.55 bits per heavy atom. The fourth-order valence-corrected chi connectivity index (χ4v) is 4.15. The number of benzene rings is 2. The monoisotopic (exact) mass is 446 g/mol. The number of hydrogen-bond donors (Lipinski definition) is 0. The molecule has 33 heavy (non-hydrogen) atoms. The van der Waals surface area contributed by atoms with Gasteiger partial charge in [-0.2, -0.15) is 0 Å². The van der Waals surface area contributed by atoms with Crippen molar-refractivity contribution in [3.63, 3.8) is 0 Å². The molecule has 0 bridgehead atoms. The summed E-state index contributed by atoms with van der Waals surface area (Å²) in [5.41, 5.74) is 1.66. The lowest BCUT2D eigenvalue weighted by Gasteiger charge is -2.37. The topological polar surface area (TPSA) is 58.1 Å². The Morgan fingerprint density at radius 3 is 2.24 bits per heavy atom. The van der Waals surface area contributed by atoms with Gasteiger partial charge >= 0.3 is 0 Å². The molecular formula is C26H30N4O3. The lowest BCUT2D eigenvalue weighted by Crippen LogP contribution is -2.49. The molecule has 4 rings (SSSR count). The average Bonchev–Trinajstić information content (AvgIpc) is 2.89. The van der Waals surface area contributed by atoms with Crippen LogP contribution < -0.4 is 19.3 Å². The van der Waals surface area contributed by atoms with Crippen LogP contribution in [0.1, 0.15) is 10.4 Å². The maximum absolute atomic E-state index is 13.5. The summed E-state index contributed by atoms with van der Waals surface area (Å²) in [4.78, 5) is 24.4. The molecule has 3 aromatic rings. The molecule has 0 N–H and O–H groups in total. The third-order valence-corrected chi connectivity index (χ3v) is 5.95. The van der Waals surface area contributed by atoms with Gasteiger partial charge in [-0.25, -0.2) is 4.98 Å². The first-order valence-electron chi connectivity index (χ1n) is 11.2. The van der Waals surface area contributed by atoms with Crippen molar-refractivity contribution in [2.75, 3.05) is 63.3 Å². The third-order valence-electron chi connectivity index (χ3n) is 5.95. The molecule has 0 saturated carbocycles. The smallest absolute Gasteiger partial charge is 0.263 e. The molecule has 7 heteroatoms. The summed E-state index contributed by atoms with van der Waals surface area (Å²) in [6, 6.07) is 21.1. The van der Waals surface area contributed by atoms with Gasteiger partial charge in [0.15, 0.2) is 0 Å². The summed E-state index contributed by atoms with van der Waals surface area (Å²) >= 11 is 0. The minimum Gasteiger partial charge on any atom is -0.496 e. The number of para-hydroxylation sites is 3. The Labute approximate surface area is 195 Å². The number of ether oxygens (including phenoxy) is 2. The third kappa shape index (κ3) is 5.26. The molecule has 1 amide bonds. The van der Waals surface area contributed by atoms with E-state index in [4.69, 9.17) is 9.47 Å². The quantitative estimate of drug-likeness (QED) is 0.527. The van der Waals surface area contributed by atoms with Crippen molar-refractivity contribution in [3.8, 4) is 11.5 Å². The van der Waals surface area contributed by atoms with E-state index in [1.165, 1.54) is 0 Å². The highest BCUT2D eigenvalue weighted by Gasteiger charge is 2.24. The van der Waals surface area contributed by atoms with Gasteiger partial charge in [-0.1, -0.05) is 30.3 Å². The number of pyridine rings is 1. The fraction of sp³-hybridized carbons (Fsp3) is 0.308. The Kier molecular flexibility index (Phi) is 7.42. The van der Waals surface area contributed by atoms with Crippen LogP contribution in [0.15, 0.2) is 72.9 Å². The number of carbonyl (C=O) groups excluding carboxylic acids is 1. The van der Waals surface area contributed by atoms with Crippen molar-refractivity contribution in [1.82, 2.24) is 9.88 Å². The molecule has 0 atom stereocenters. The van der Waals surface area contributed by atoms with E-state index < -0.39 is 0 Å². The molecule has 0 aliphatic carbocycles. The number of piperazine rings is 1. The first-order chi connectivity index (χ1) is 16.2. The number of nitrogens with zero attached hydrogens (tertiary/aromatic N) is 4. The lowest BCUT2D eigenvalue weighted by atomic mass is 10.1. The largest absolute Gasteiger partial charge is 0.496 e. The molecule has 1 fully saturated rings. The van der Waals surface area contributed by atoms with Crippen LogP contribution in [0.25, 0.3) is 0 Å². The van der Waals surface area contributed by atoms with Crippen LogP contribution in [0.2, 0.25) is 0 Å². The Balaban J connectivity index is 1.43. The van der Waals surface area contributed by atoms with Gasteiger partial charge in [0, 0.05) is 45.5 Å². The Hall–Kier alpha value is -3.58. The van der Waals surface area contributed by atoms with Gasteiger partial charge in [-0.05, 0) is 36.4 Å². The van der Waals surface area contributed by atoms with E-state index in [0.717, 1.165) is 44.2 Å². The minimum atomic E-state index is -0.112. The summed E-state index contributed by atoms with van der Waals surface area (Å²) < 4.78 is 10.9. The molecular weight excluding hydrogens is 416 g/mol. The normalized spacial score (nSPS) is 14.1. The highest BCUT2D eigenvalue weighted by Crippen LogP contribution is 2.28. The SMILES string of the molecule is COc1ccccc1C(=O)N(CCN1CCN(c2ccccc2OC)CC1)c1ccccn1. The van der Waals surface area contributed by atoms with Gasteiger partial charge < -0.3 is 14.4 Å². The molecule has 1 aliphatic heterocycles. The van der Waals surface area contributed by atoms with Gasteiger partial charge in [-0.3, -0.25) is 14.6 Å². The number of methoxy groups -OCH3 is 2. The Bertz CT molecular complexity index is 1050. The predicted octanol–water partition coefficient (Wildman–Crippen LogP) is 3.57. The second-order valence-corrected chi connectivity index (χ2v) is 7.85. The first-order valence-corrected chi connectivity index (χ1v) is 11.2. The Morgan fingerprint density at radius 1 is 0.879 bits per heavy atom. The molecule has 0 unspecified atom stereocenters. The molecule has 7 nitrogen and oxygen atoms in total. The maximum atomic E-state index is 13.5. The number of anilines is 2. The molecule has 2 aromatic carbocycles. The van der Waals surface area contributed by atoms with Crippen LogP contribution in [0.5, 0.6) is 11.5 Å². The van der Waals surface area contributed by atoms with Crippen LogP contribution in [0.4, 0.5) is 11.5 Å². The zero-order chi connectivity index (χ0) is 23.0. The van der Waals surface area contributed by atoms with Crippen molar-refractivity contribution in [1.29, 1.82) is 0 Å². The van der Waals surface area contributed by atoms with Crippen LogP contribution in [-0.4, -0.2) is 69.3 Å².